The van der Waals surface area contributed by atoms with Crippen LogP contribution < -0.4 is 15.5 Å². The predicted molar refractivity (Wildman–Crippen MR) is 122 cm³/mol. The van der Waals surface area contributed by atoms with Crippen LogP contribution >= 0.6 is 0 Å². The van der Waals surface area contributed by atoms with Crippen LogP contribution in [-0.4, -0.2) is 48.4 Å². The monoisotopic (exact) mass is 409 g/mol. The average molecular weight is 410 g/mol. The lowest BCUT2D eigenvalue weighted by molar-refractivity contribution is 0.0389. The van der Waals surface area contributed by atoms with E-state index in [1.54, 1.807) is 6.33 Å². The topological polar surface area (TPSA) is 62.3 Å². The zero-order valence-corrected chi connectivity index (χ0v) is 18.3. The fourth-order valence-corrected chi connectivity index (χ4v) is 4.69. The molecule has 2 aliphatic rings. The lowest BCUT2D eigenvalue weighted by Gasteiger charge is -2.41. The number of hydrogen-bond acceptors (Lipinski definition) is 6. The van der Waals surface area contributed by atoms with E-state index in [1.165, 1.54) is 18.4 Å². The molecule has 0 aliphatic carbocycles. The second-order valence-electron chi connectivity index (χ2n) is 8.98. The Kier molecular flexibility index (Phi) is 6.85. The van der Waals surface area contributed by atoms with Crippen LogP contribution in [-0.2, 0) is 4.74 Å². The lowest BCUT2D eigenvalue weighted by Crippen LogP contribution is -2.54. The quantitative estimate of drug-likeness (QED) is 0.720. The minimum absolute atomic E-state index is 0.0156. The van der Waals surface area contributed by atoms with Crippen LogP contribution in [0.2, 0.25) is 0 Å². The van der Waals surface area contributed by atoms with Gasteiger partial charge in [0.25, 0.3) is 0 Å². The smallest absolute Gasteiger partial charge is 0.134 e. The van der Waals surface area contributed by atoms with Gasteiger partial charge in [0.15, 0.2) is 0 Å². The van der Waals surface area contributed by atoms with Crippen molar-refractivity contribution in [2.45, 2.75) is 51.1 Å². The van der Waals surface area contributed by atoms with Crippen LogP contribution in [0.5, 0.6) is 0 Å². The van der Waals surface area contributed by atoms with Gasteiger partial charge >= 0.3 is 0 Å². The number of piperidine rings is 1. The molecule has 0 bridgehead atoms. The third-order valence-corrected chi connectivity index (χ3v) is 6.51. The van der Waals surface area contributed by atoms with Crippen molar-refractivity contribution in [1.82, 2.24) is 15.3 Å². The fraction of sp³-hybridized carbons (Fsp3) is 0.583. The predicted octanol–water partition coefficient (Wildman–Crippen LogP) is 4.02. The van der Waals surface area contributed by atoms with Crippen LogP contribution in [0, 0.1) is 5.92 Å². The van der Waals surface area contributed by atoms with Crippen molar-refractivity contribution < 1.29 is 4.74 Å². The summed E-state index contributed by atoms with van der Waals surface area (Å²) in [5.41, 5.74) is 1.30. The zero-order chi connectivity index (χ0) is 20.8. The van der Waals surface area contributed by atoms with Gasteiger partial charge in [0.1, 0.15) is 18.0 Å². The maximum atomic E-state index is 5.67. The second kappa shape index (κ2) is 9.75. The van der Waals surface area contributed by atoms with E-state index in [0.717, 1.165) is 63.2 Å². The highest BCUT2D eigenvalue weighted by molar-refractivity contribution is 5.49. The standard InChI is InChI=1S/C24H35N5O/c1-19-7-6-12-29(16-19)23-15-22(26-18-27-23)25-17-24(10-13-30-14-11-24)28-20(2)21-8-4-3-5-9-21/h3-5,8-9,15,18-20,28H,6-7,10-14,16-17H2,1-2H3,(H,25,26,27). The normalized spacial score (nSPS) is 22.5. The molecule has 4 rings (SSSR count). The van der Waals surface area contributed by atoms with Crippen LogP contribution in [0.3, 0.4) is 0 Å². The molecule has 3 heterocycles. The van der Waals surface area contributed by atoms with Gasteiger partial charge in [-0.1, -0.05) is 37.3 Å². The van der Waals surface area contributed by atoms with E-state index >= 15 is 0 Å². The number of anilines is 2. The van der Waals surface area contributed by atoms with Crippen molar-refractivity contribution in [3.8, 4) is 0 Å². The van der Waals surface area contributed by atoms with Gasteiger partial charge in [0.05, 0.1) is 0 Å². The van der Waals surface area contributed by atoms with Gasteiger partial charge in [-0.15, -0.1) is 0 Å². The first-order chi connectivity index (χ1) is 14.6. The Morgan fingerprint density at radius 3 is 2.77 bits per heavy atom. The lowest BCUT2D eigenvalue weighted by atomic mass is 9.88. The van der Waals surface area contributed by atoms with Crippen molar-refractivity contribution >= 4 is 11.6 Å². The number of nitrogens with one attached hydrogen (secondary N) is 2. The van der Waals surface area contributed by atoms with Gasteiger partial charge in [0.2, 0.25) is 0 Å². The summed E-state index contributed by atoms with van der Waals surface area (Å²) in [6, 6.07) is 13.0. The molecule has 162 valence electrons. The van der Waals surface area contributed by atoms with Crippen molar-refractivity contribution in [2.24, 2.45) is 5.92 Å². The summed E-state index contributed by atoms with van der Waals surface area (Å²) in [5.74, 6) is 2.66. The molecular weight excluding hydrogens is 374 g/mol. The summed E-state index contributed by atoms with van der Waals surface area (Å²) in [4.78, 5) is 11.4. The van der Waals surface area contributed by atoms with Crippen LogP contribution in [0.1, 0.15) is 51.1 Å². The van der Waals surface area contributed by atoms with Gasteiger partial charge in [0, 0.05) is 50.5 Å². The summed E-state index contributed by atoms with van der Waals surface area (Å²) < 4.78 is 5.67. The minimum Gasteiger partial charge on any atom is -0.381 e. The van der Waals surface area contributed by atoms with Gasteiger partial charge in [-0.25, -0.2) is 9.97 Å². The van der Waals surface area contributed by atoms with Crippen molar-refractivity contribution in [1.29, 1.82) is 0 Å². The summed E-state index contributed by atoms with van der Waals surface area (Å²) in [6.07, 6.45) is 6.20. The first-order valence-electron chi connectivity index (χ1n) is 11.3. The van der Waals surface area contributed by atoms with E-state index < -0.39 is 0 Å². The van der Waals surface area contributed by atoms with Gasteiger partial charge in [-0.2, -0.15) is 0 Å². The fourth-order valence-electron chi connectivity index (χ4n) is 4.69. The van der Waals surface area contributed by atoms with Crippen LogP contribution in [0.4, 0.5) is 11.6 Å². The Hall–Kier alpha value is -2.18. The Bertz CT molecular complexity index is 793. The highest BCUT2D eigenvalue weighted by Gasteiger charge is 2.34. The highest BCUT2D eigenvalue weighted by Crippen LogP contribution is 2.27. The molecule has 2 N–H and O–H groups in total. The Morgan fingerprint density at radius 1 is 1.20 bits per heavy atom. The van der Waals surface area contributed by atoms with E-state index in [-0.39, 0.29) is 11.6 Å². The third-order valence-electron chi connectivity index (χ3n) is 6.51. The molecule has 2 fully saturated rings. The van der Waals surface area contributed by atoms with Gasteiger partial charge in [-0.05, 0) is 44.1 Å². The molecule has 1 aromatic carbocycles. The highest BCUT2D eigenvalue weighted by atomic mass is 16.5. The van der Waals surface area contributed by atoms with Gasteiger partial charge in [-0.3, -0.25) is 0 Å². The van der Waals surface area contributed by atoms with Crippen LogP contribution in [0.15, 0.2) is 42.7 Å². The molecule has 0 spiro atoms. The van der Waals surface area contributed by atoms with Crippen molar-refractivity contribution in [2.75, 3.05) is 43.1 Å². The summed E-state index contributed by atoms with van der Waals surface area (Å²) >= 11 is 0. The number of rotatable bonds is 7. The molecule has 2 aliphatic heterocycles. The number of hydrogen-bond donors (Lipinski definition) is 2. The first-order valence-corrected chi connectivity index (χ1v) is 11.3. The molecule has 6 nitrogen and oxygen atoms in total. The average Bonchev–Trinajstić information content (AvgIpc) is 2.79. The summed E-state index contributed by atoms with van der Waals surface area (Å²) in [7, 11) is 0. The molecule has 0 radical (unpaired) electrons. The number of benzene rings is 1. The Labute approximate surface area is 180 Å². The SMILES string of the molecule is CC1CCCN(c2cc(NCC3(NC(C)c4ccccc4)CCOCC3)ncn2)C1. The molecule has 2 atom stereocenters. The molecule has 2 unspecified atom stereocenters. The maximum Gasteiger partial charge on any atom is 0.134 e. The van der Waals surface area contributed by atoms with E-state index in [0.29, 0.717) is 0 Å². The Morgan fingerprint density at radius 2 is 2.00 bits per heavy atom. The molecule has 2 aromatic rings. The molecule has 6 heteroatoms. The largest absolute Gasteiger partial charge is 0.381 e. The molecule has 0 saturated carbocycles. The maximum absolute atomic E-state index is 5.67. The van der Waals surface area contributed by atoms with E-state index in [1.807, 2.05) is 0 Å². The van der Waals surface area contributed by atoms with Crippen LogP contribution in [0.25, 0.3) is 0 Å². The van der Waals surface area contributed by atoms with E-state index in [9.17, 15) is 0 Å². The Balaban J connectivity index is 1.43. The van der Waals surface area contributed by atoms with Crippen molar-refractivity contribution in [3.63, 3.8) is 0 Å². The number of aromatic nitrogens is 2. The van der Waals surface area contributed by atoms with Crippen molar-refractivity contribution in [3.05, 3.63) is 48.3 Å². The minimum atomic E-state index is -0.0156. The molecule has 30 heavy (non-hydrogen) atoms. The second-order valence-corrected chi connectivity index (χ2v) is 8.98. The molecule has 2 saturated heterocycles. The van der Waals surface area contributed by atoms with Gasteiger partial charge < -0.3 is 20.3 Å². The third kappa shape index (κ3) is 5.29. The number of ether oxygens (including phenoxy) is 1. The first kappa shape index (κ1) is 21.1. The summed E-state index contributed by atoms with van der Waals surface area (Å²) in [6.45, 7) is 9.12. The van der Waals surface area contributed by atoms with E-state index in [4.69, 9.17) is 4.74 Å². The number of nitrogens with zero attached hydrogens (tertiary/aromatic N) is 3. The molecule has 1 aromatic heterocycles. The molecular formula is C24H35N5O. The zero-order valence-electron chi connectivity index (χ0n) is 18.3. The van der Waals surface area contributed by atoms with E-state index in [2.05, 4.69) is 75.7 Å². The summed E-state index contributed by atoms with van der Waals surface area (Å²) in [5, 5.41) is 7.51. The molecule has 0 amide bonds.